The lowest BCUT2D eigenvalue weighted by molar-refractivity contribution is -0.984. The van der Waals surface area contributed by atoms with Gasteiger partial charge in [0.1, 0.15) is 12.5 Å². The largest absolute Gasteiger partial charge is 0.481 e. The third-order valence-corrected chi connectivity index (χ3v) is 5.85. The van der Waals surface area contributed by atoms with Crippen LogP contribution < -0.4 is 0 Å². The van der Waals surface area contributed by atoms with E-state index in [0.717, 1.165) is 5.56 Å². The molecular weight excluding hydrogens is 366 g/mol. The number of quaternary nitrogens is 1. The molecule has 1 aromatic carbocycles. The first-order valence-corrected chi connectivity index (χ1v) is 9.61. The van der Waals surface area contributed by atoms with Gasteiger partial charge in [-0.2, -0.15) is 0 Å². The van der Waals surface area contributed by atoms with Crippen LogP contribution in [0.3, 0.4) is 0 Å². The fourth-order valence-corrected chi connectivity index (χ4v) is 3.61. The number of nitrogens with zero attached hydrogens (tertiary/aromatic N) is 1. The Balaban J connectivity index is 3.48. The van der Waals surface area contributed by atoms with Gasteiger partial charge in [-0.15, -0.1) is 0 Å². The maximum Gasteiger partial charge on any atom is 0.312 e. The zero-order valence-electron chi connectivity index (χ0n) is 17.3. The molecule has 0 saturated heterocycles. The number of hydrogen-bond acceptors (Lipinski definition) is 2. The molecule has 27 heavy (non-hydrogen) atoms. The van der Waals surface area contributed by atoms with Gasteiger partial charge < -0.3 is 14.7 Å². The summed E-state index contributed by atoms with van der Waals surface area (Å²) in [5, 5.41) is 19.8. The van der Waals surface area contributed by atoms with Crippen LogP contribution in [0.25, 0.3) is 0 Å². The average molecular weight is 399 g/mol. The first-order chi connectivity index (χ1) is 12.2. The van der Waals surface area contributed by atoms with E-state index in [1.54, 1.807) is 0 Å². The zero-order valence-corrected chi connectivity index (χ0v) is 18.0. The van der Waals surface area contributed by atoms with Gasteiger partial charge in [0.15, 0.2) is 0 Å². The van der Waals surface area contributed by atoms with Crippen molar-refractivity contribution in [2.75, 3.05) is 13.1 Å². The number of carboxylic acid groups (broad SMARTS) is 2. The number of carboxylic acids is 2. The Labute approximate surface area is 167 Å². The van der Waals surface area contributed by atoms with Crippen molar-refractivity contribution in [3.8, 4) is 0 Å². The van der Waals surface area contributed by atoms with Crippen LogP contribution in [0.2, 0.25) is 5.02 Å². The summed E-state index contributed by atoms with van der Waals surface area (Å²) in [4.78, 5) is 23.4. The molecule has 0 amide bonds. The van der Waals surface area contributed by atoms with Gasteiger partial charge in [-0.25, -0.2) is 0 Å². The lowest BCUT2D eigenvalue weighted by Gasteiger charge is -2.51. The normalized spacial score (nSPS) is 15.8. The predicted molar refractivity (Wildman–Crippen MR) is 108 cm³/mol. The number of hydrogen-bond donors (Lipinski definition) is 2. The first-order valence-electron chi connectivity index (χ1n) is 9.24. The Hall–Kier alpha value is -1.59. The van der Waals surface area contributed by atoms with Crippen molar-refractivity contribution >= 4 is 23.5 Å². The molecule has 2 atom stereocenters. The van der Waals surface area contributed by atoms with Crippen LogP contribution >= 0.6 is 11.6 Å². The summed E-state index contributed by atoms with van der Waals surface area (Å²) >= 11 is 6.39. The van der Waals surface area contributed by atoms with E-state index >= 15 is 0 Å². The molecule has 152 valence electrons. The Morgan fingerprint density at radius 3 is 2.04 bits per heavy atom. The second kappa shape index (κ2) is 8.61. The highest BCUT2D eigenvalue weighted by Gasteiger charge is 2.47. The van der Waals surface area contributed by atoms with Gasteiger partial charge in [-0.1, -0.05) is 50.6 Å². The van der Waals surface area contributed by atoms with Crippen molar-refractivity contribution < 1.29 is 24.3 Å². The summed E-state index contributed by atoms with van der Waals surface area (Å²) in [7, 11) is 0. The van der Waals surface area contributed by atoms with Crippen molar-refractivity contribution in [3.63, 3.8) is 0 Å². The number of benzene rings is 1. The van der Waals surface area contributed by atoms with E-state index in [0.29, 0.717) is 29.1 Å². The Morgan fingerprint density at radius 2 is 1.63 bits per heavy atom. The van der Waals surface area contributed by atoms with Crippen LogP contribution in [0.15, 0.2) is 24.3 Å². The minimum atomic E-state index is -0.886. The molecule has 0 spiro atoms. The summed E-state index contributed by atoms with van der Waals surface area (Å²) in [6.07, 6.45) is -0.0296. The molecule has 0 saturated carbocycles. The van der Waals surface area contributed by atoms with E-state index in [1.165, 1.54) is 0 Å². The maximum atomic E-state index is 12.1. The van der Waals surface area contributed by atoms with Gasteiger partial charge in [0.05, 0.1) is 25.0 Å². The minimum absolute atomic E-state index is 0.0296. The maximum absolute atomic E-state index is 12.1. The Bertz CT molecular complexity index is 675. The van der Waals surface area contributed by atoms with Crippen LogP contribution in [0, 0.1) is 11.3 Å². The number of aliphatic carboxylic acids is 2. The molecule has 5 nitrogen and oxygen atoms in total. The molecule has 0 aliphatic heterocycles. The van der Waals surface area contributed by atoms with E-state index < -0.39 is 23.3 Å². The zero-order chi connectivity index (χ0) is 21.0. The summed E-state index contributed by atoms with van der Waals surface area (Å²) in [5.74, 6) is -2.36. The SMILES string of the molecule is CC(C)(C)C(C[N+](CCC(=O)O)(Cc1ccccc1Cl)C(C)(C)C)C(=O)O. The van der Waals surface area contributed by atoms with E-state index in [1.807, 2.05) is 65.8 Å². The lowest BCUT2D eigenvalue weighted by atomic mass is 9.78. The number of carbonyl (C=O) groups is 2. The second-order valence-corrected chi connectivity index (χ2v) is 9.78. The molecule has 0 aliphatic carbocycles. The molecule has 0 radical (unpaired) electrons. The van der Waals surface area contributed by atoms with Gasteiger partial charge in [0, 0.05) is 10.6 Å². The highest BCUT2D eigenvalue weighted by Crippen LogP contribution is 2.37. The molecule has 0 bridgehead atoms. The van der Waals surface area contributed by atoms with Crippen LogP contribution in [0.5, 0.6) is 0 Å². The summed E-state index contributed by atoms with van der Waals surface area (Å²) in [6, 6.07) is 7.48. The summed E-state index contributed by atoms with van der Waals surface area (Å²) in [5.41, 5.74) is 0.0789. The third kappa shape index (κ3) is 6.22. The third-order valence-electron chi connectivity index (χ3n) is 5.48. The van der Waals surface area contributed by atoms with E-state index in [9.17, 15) is 19.8 Å². The molecule has 6 heteroatoms. The monoisotopic (exact) mass is 398 g/mol. The quantitative estimate of drug-likeness (QED) is 0.623. The fourth-order valence-electron chi connectivity index (χ4n) is 3.42. The van der Waals surface area contributed by atoms with E-state index in [2.05, 4.69) is 0 Å². The lowest BCUT2D eigenvalue weighted by Crippen LogP contribution is -2.63. The molecule has 0 heterocycles. The minimum Gasteiger partial charge on any atom is -0.481 e. The highest BCUT2D eigenvalue weighted by molar-refractivity contribution is 6.31. The molecule has 1 rings (SSSR count). The van der Waals surface area contributed by atoms with Crippen molar-refractivity contribution in [1.82, 2.24) is 0 Å². The molecule has 0 aromatic heterocycles. The second-order valence-electron chi connectivity index (χ2n) is 9.37. The highest BCUT2D eigenvalue weighted by atomic mass is 35.5. The first kappa shape index (κ1) is 23.4. The smallest absolute Gasteiger partial charge is 0.312 e. The fraction of sp³-hybridized carbons (Fsp3) is 0.619. The van der Waals surface area contributed by atoms with Crippen molar-refractivity contribution in [2.24, 2.45) is 11.3 Å². The molecule has 1 aromatic rings. The Kier molecular flexibility index (Phi) is 7.48. The van der Waals surface area contributed by atoms with Crippen LogP contribution in [-0.4, -0.2) is 45.3 Å². The van der Waals surface area contributed by atoms with Crippen molar-refractivity contribution in [1.29, 1.82) is 0 Å². The summed E-state index contributed by atoms with van der Waals surface area (Å²) in [6.45, 7) is 13.0. The van der Waals surface area contributed by atoms with Gasteiger partial charge in [-0.05, 0) is 32.3 Å². The predicted octanol–water partition coefficient (Wildman–Crippen LogP) is 4.68. The molecule has 2 N–H and O–H groups in total. The van der Waals surface area contributed by atoms with E-state index in [4.69, 9.17) is 11.6 Å². The average Bonchev–Trinajstić information content (AvgIpc) is 2.49. The number of halogens is 1. The van der Waals surface area contributed by atoms with Gasteiger partial charge in [0.25, 0.3) is 0 Å². The van der Waals surface area contributed by atoms with Crippen molar-refractivity contribution in [3.05, 3.63) is 34.9 Å². The molecule has 0 fully saturated rings. The van der Waals surface area contributed by atoms with Crippen LogP contribution in [-0.2, 0) is 16.1 Å². The van der Waals surface area contributed by atoms with Crippen molar-refractivity contribution in [2.45, 2.75) is 60.0 Å². The van der Waals surface area contributed by atoms with E-state index in [-0.39, 0.29) is 12.0 Å². The van der Waals surface area contributed by atoms with Gasteiger partial charge in [0.2, 0.25) is 0 Å². The molecule has 2 unspecified atom stereocenters. The van der Waals surface area contributed by atoms with Crippen LogP contribution in [0.4, 0.5) is 0 Å². The number of rotatable bonds is 8. The van der Waals surface area contributed by atoms with Crippen LogP contribution in [0.1, 0.15) is 53.5 Å². The van der Waals surface area contributed by atoms with Gasteiger partial charge >= 0.3 is 11.9 Å². The molecule has 0 aliphatic rings. The Morgan fingerprint density at radius 1 is 1.07 bits per heavy atom. The summed E-state index contributed by atoms with van der Waals surface area (Å²) < 4.78 is 0.331. The topological polar surface area (TPSA) is 74.6 Å². The molecular formula is C21H33ClNO4+. The standard InChI is InChI=1S/C21H32ClNO4/c1-20(2,3)16(19(26)27)14-23(21(4,5)6,12-11-18(24)25)13-15-9-7-8-10-17(15)22/h7-10,16H,11-14H2,1-6H3,(H-,24,25,26,27)/p+1. The van der Waals surface area contributed by atoms with Gasteiger partial charge in [-0.3, -0.25) is 9.59 Å².